The van der Waals surface area contributed by atoms with Crippen molar-refractivity contribution in [2.75, 3.05) is 42.9 Å². The summed E-state index contributed by atoms with van der Waals surface area (Å²) in [4.78, 5) is 21.7. The van der Waals surface area contributed by atoms with Gasteiger partial charge in [-0.05, 0) is 50.2 Å². The van der Waals surface area contributed by atoms with Crippen molar-refractivity contribution < 1.29 is 18.0 Å². The van der Waals surface area contributed by atoms with Gasteiger partial charge in [-0.3, -0.25) is 4.79 Å². The standard InChI is InChI=1S/C23H26F3N7O/c1-4-31-9-11-32(12-10-31)20-14-17(13-19(16(20)3)23(24,25)26)29-22(34)18-6-5-15(2)28-21(18)33-8-7-27-30-33/h5-8,13-14H,4,9-12H2,1-3H3,(H,29,34). The monoisotopic (exact) mass is 473 g/mol. The number of hydrogen-bond acceptors (Lipinski definition) is 6. The summed E-state index contributed by atoms with van der Waals surface area (Å²) in [5, 5.41) is 10.3. The molecule has 11 heteroatoms. The van der Waals surface area contributed by atoms with Gasteiger partial charge in [0.1, 0.15) is 0 Å². The van der Waals surface area contributed by atoms with Crippen LogP contribution in [0.15, 0.2) is 36.7 Å². The summed E-state index contributed by atoms with van der Waals surface area (Å²) in [6.07, 6.45) is -1.56. The number of halogens is 3. The number of anilines is 2. The van der Waals surface area contributed by atoms with Gasteiger partial charge in [-0.2, -0.15) is 13.2 Å². The maximum absolute atomic E-state index is 13.9. The summed E-state index contributed by atoms with van der Waals surface area (Å²) < 4.78 is 43.0. The molecular weight excluding hydrogens is 447 g/mol. The molecule has 2 aromatic heterocycles. The maximum Gasteiger partial charge on any atom is 0.416 e. The Bertz CT molecular complexity index is 1170. The van der Waals surface area contributed by atoms with E-state index in [1.54, 1.807) is 31.3 Å². The van der Waals surface area contributed by atoms with Crippen LogP contribution in [-0.4, -0.2) is 63.5 Å². The van der Waals surface area contributed by atoms with Crippen molar-refractivity contribution in [2.45, 2.75) is 26.9 Å². The van der Waals surface area contributed by atoms with E-state index in [1.807, 2.05) is 4.90 Å². The first-order valence-corrected chi connectivity index (χ1v) is 11.0. The quantitative estimate of drug-likeness (QED) is 0.609. The fourth-order valence-electron chi connectivity index (χ4n) is 4.11. The Labute approximate surface area is 195 Å². The molecule has 0 radical (unpaired) electrons. The van der Waals surface area contributed by atoms with Crippen molar-refractivity contribution >= 4 is 17.3 Å². The Hall–Kier alpha value is -3.47. The number of carbonyl (C=O) groups excluding carboxylic acids is 1. The lowest BCUT2D eigenvalue weighted by molar-refractivity contribution is -0.138. The molecule has 0 aliphatic carbocycles. The topological polar surface area (TPSA) is 79.2 Å². The summed E-state index contributed by atoms with van der Waals surface area (Å²) in [7, 11) is 0. The molecule has 1 amide bonds. The van der Waals surface area contributed by atoms with Gasteiger partial charge >= 0.3 is 6.18 Å². The molecule has 0 atom stereocenters. The normalized spacial score (nSPS) is 14.9. The number of carbonyl (C=O) groups is 1. The molecule has 1 aliphatic rings. The molecule has 0 unspecified atom stereocenters. The van der Waals surface area contributed by atoms with Gasteiger partial charge < -0.3 is 15.1 Å². The number of rotatable bonds is 5. The van der Waals surface area contributed by atoms with E-state index in [9.17, 15) is 18.0 Å². The second-order valence-electron chi connectivity index (χ2n) is 8.21. The third kappa shape index (κ3) is 4.89. The summed E-state index contributed by atoms with van der Waals surface area (Å²) in [5.74, 6) is -0.342. The number of aryl methyl sites for hydroxylation is 1. The van der Waals surface area contributed by atoms with E-state index in [0.717, 1.165) is 25.7 Å². The van der Waals surface area contributed by atoms with Crippen LogP contribution in [0, 0.1) is 13.8 Å². The van der Waals surface area contributed by atoms with E-state index in [-0.39, 0.29) is 22.6 Å². The van der Waals surface area contributed by atoms with Crippen LogP contribution in [-0.2, 0) is 6.18 Å². The average molecular weight is 474 g/mol. The van der Waals surface area contributed by atoms with Crippen molar-refractivity contribution in [3.05, 3.63) is 59.0 Å². The fourth-order valence-corrected chi connectivity index (χ4v) is 4.11. The van der Waals surface area contributed by atoms with Crippen LogP contribution in [0.25, 0.3) is 5.82 Å². The zero-order valence-corrected chi connectivity index (χ0v) is 19.2. The van der Waals surface area contributed by atoms with Crippen molar-refractivity contribution in [3.63, 3.8) is 0 Å². The molecule has 1 N–H and O–H groups in total. The minimum atomic E-state index is -4.55. The van der Waals surface area contributed by atoms with E-state index in [4.69, 9.17) is 0 Å². The Morgan fingerprint density at radius 3 is 2.47 bits per heavy atom. The zero-order chi connectivity index (χ0) is 24.5. The second kappa shape index (κ2) is 9.41. The first-order chi connectivity index (χ1) is 16.2. The minimum Gasteiger partial charge on any atom is -0.369 e. The molecule has 1 fully saturated rings. The van der Waals surface area contributed by atoms with Crippen LogP contribution in [0.4, 0.5) is 24.5 Å². The lowest BCUT2D eigenvalue weighted by Crippen LogP contribution is -2.46. The molecule has 4 rings (SSSR count). The van der Waals surface area contributed by atoms with Crippen LogP contribution in [0.2, 0.25) is 0 Å². The van der Waals surface area contributed by atoms with Gasteiger partial charge in [0, 0.05) is 43.2 Å². The molecule has 3 aromatic rings. The number of piperazine rings is 1. The lowest BCUT2D eigenvalue weighted by Gasteiger charge is -2.37. The number of benzene rings is 1. The number of nitrogens with zero attached hydrogens (tertiary/aromatic N) is 6. The van der Waals surface area contributed by atoms with E-state index in [2.05, 4.69) is 32.4 Å². The van der Waals surface area contributed by atoms with E-state index in [0.29, 0.717) is 24.5 Å². The Balaban J connectivity index is 1.69. The van der Waals surface area contributed by atoms with Crippen molar-refractivity contribution in [1.29, 1.82) is 0 Å². The summed E-state index contributed by atoms with van der Waals surface area (Å²) in [6.45, 7) is 8.96. The predicted molar refractivity (Wildman–Crippen MR) is 122 cm³/mol. The molecule has 0 saturated carbocycles. The molecule has 34 heavy (non-hydrogen) atoms. The molecule has 8 nitrogen and oxygen atoms in total. The van der Waals surface area contributed by atoms with Crippen LogP contribution < -0.4 is 10.2 Å². The highest BCUT2D eigenvalue weighted by Crippen LogP contribution is 2.39. The molecular formula is C23H26F3N7O. The number of aromatic nitrogens is 4. The number of hydrogen-bond donors (Lipinski definition) is 1. The molecule has 0 spiro atoms. The van der Waals surface area contributed by atoms with Gasteiger partial charge in [0.25, 0.3) is 5.91 Å². The van der Waals surface area contributed by atoms with Gasteiger partial charge in [-0.1, -0.05) is 12.1 Å². The van der Waals surface area contributed by atoms with Crippen molar-refractivity contribution in [3.8, 4) is 5.82 Å². The maximum atomic E-state index is 13.9. The number of alkyl halides is 3. The first kappa shape index (κ1) is 23.7. The van der Waals surface area contributed by atoms with Gasteiger partial charge in [0.15, 0.2) is 5.82 Å². The molecule has 1 aromatic carbocycles. The van der Waals surface area contributed by atoms with E-state index >= 15 is 0 Å². The average Bonchev–Trinajstić information content (AvgIpc) is 3.34. The molecule has 3 heterocycles. The third-order valence-electron chi connectivity index (χ3n) is 6.00. The SMILES string of the molecule is CCN1CCN(c2cc(NC(=O)c3ccc(C)nc3-n3ccnn3)cc(C(F)(F)F)c2C)CC1. The van der Waals surface area contributed by atoms with Crippen LogP contribution in [0.1, 0.15) is 34.1 Å². The Morgan fingerprint density at radius 1 is 1.12 bits per heavy atom. The minimum absolute atomic E-state index is 0.0703. The van der Waals surface area contributed by atoms with E-state index < -0.39 is 17.6 Å². The Kier molecular flexibility index (Phi) is 6.56. The second-order valence-corrected chi connectivity index (χ2v) is 8.21. The molecule has 1 aliphatic heterocycles. The first-order valence-electron chi connectivity index (χ1n) is 11.0. The lowest BCUT2D eigenvalue weighted by atomic mass is 10.0. The smallest absolute Gasteiger partial charge is 0.369 e. The fraction of sp³-hybridized carbons (Fsp3) is 0.391. The van der Waals surface area contributed by atoms with E-state index in [1.165, 1.54) is 17.8 Å². The third-order valence-corrected chi connectivity index (χ3v) is 6.00. The summed E-state index contributed by atoms with van der Waals surface area (Å²) in [5.41, 5.74) is 0.751. The largest absolute Gasteiger partial charge is 0.416 e. The number of pyridine rings is 1. The summed E-state index contributed by atoms with van der Waals surface area (Å²) in [6, 6.07) is 5.82. The van der Waals surface area contributed by atoms with Gasteiger partial charge in [0.2, 0.25) is 0 Å². The van der Waals surface area contributed by atoms with Gasteiger partial charge in [0.05, 0.1) is 23.5 Å². The molecule has 0 bridgehead atoms. The highest BCUT2D eigenvalue weighted by atomic mass is 19.4. The number of amides is 1. The zero-order valence-electron chi connectivity index (χ0n) is 19.2. The molecule has 180 valence electrons. The van der Waals surface area contributed by atoms with Gasteiger partial charge in [-0.25, -0.2) is 9.67 Å². The molecule has 1 saturated heterocycles. The van der Waals surface area contributed by atoms with Crippen molar-refractivity contribution in [1.82, 2.24) is 24.9 Å². The van der Waals surface area contributed by atoms with Crippen LogP contribution in [0.5, 0.6) is 0 Å². The number of likely N-dealkylation sites (N-methyl/N-ethyl adjacent to an activating group) is 1. The van der Waals surface area contributed by atoms with Crippen LogP contribution in [0.3, 0.4) is 0 Å². The van der Waals surface area contributed by atoms with Crippen molar-refractivity contribution in [2.24, 2.45) is 0 Å². The predicted octanol–water partition coefficient (Wildman–Crippen LogP) is 3.69. The highest BCUT2D eigenvalue weighted by molar-refractivity contribution is 6.06. The highest BCUT2D eigenvalue weighted by Gasteiger charge is 2.35. The summed E-state index contributed by atoms with van der Waals surface area (Å²) >= 11 is 0. The van der Waals surface area contributed by atoms with Gasteiger partial charge in [-0.15, -0.1) is 5.10 Å². The van der Waals surface area contributed by atoms with Crippen LogP contribution >= 0.6 is 0 Å². The number of nitrogens with one attached hydrogen (secondary N) is 1. The Morgan fingerprint density at radius 2 is 1.85 bits per heavy atom.